The van der Waals surface area contributed by atoms with Crippen LogP contribution in [0.2, 0.25) is 5.02 Å². The van der Waals surface area contributed by atoms with Gasteiger partial charge >= 0.3 is 0 Å². The van der Waals surface area contributed by atoms with E-state index in [0.717, 1.165) is 56.9 Å². The van der Waals surface area contributed by atoms with E-state index >= 15 is 0 Å². The number of nitrogens with one attached hydrogen (secondary N) is 2. The summed E-state index contributed by atoms with van der Waals surface area (Å²) in [6, 6.07) is 4.73. The van der Waals surface area contributed by atoms with Crippen LogP contribution in [0.1, 0.15) is 70.3 Å². The zero-order valence-corrected chi connectivity index (χ0v) is 22.6. The van der Waals surface area contributed by atoms with Gasteiger partial charge in [-0.2, -0.15) is 0 Å². The summed E-state index contributed by atoms with van der Waals surface area (Å²) in [5.74, 6) is -2.03. The van der Waals surface area contributed by atoms with Crippen LogP contribution >= 0.6 is 11.6 Å². The van der Waals surface area contributed by atoms with Crippen LogP contribution in [-0.4, -0.2) is 53.0 Å². The van der Waals surface area contributed by atoms with Crippen molar-refractivity contribution in [3.8, 4) is 0 Å². The molecule has 3 amide bonds. The van der Waals surface area contributed by atoms with Crippen LogP contribution in [0.4, 0.5) is 5.69 Å². The number of hydrogen-bond acceptors (Lipinski definition) is 4. The molecule has 3 heterocycles. The molecule has 1 saturated carbocycles. The molecule has 1 aromatic carbocycles. The molecule has 7 nitrogen and oxygen atoms in total. The second-order valence-electron chi connectivity index (χ2n) is 11.1. The molecular formula is C29H38ClN3O4. The van der Waals surface area contributed by atoms with E-state index in [1.165, 1.54) is 6.42 Å². The Labute approximate surface area is 224 Å². The van der Waals surface area contributed by atoms with Crippen molar-refractivity contribution >= 4 is 35.0 Å². The summed E-state index contributed by atoms with van der Waals surface area (Å²) in [5, 5.41) is 6.74. The molecule has 0 unspecified atom stereocenters. The van der Waals surface area contributed by atoms with Gasteiger partial charge in [0.15, 0.2) is 0 Å². The molecule has 200 valence electrons. The van der Waals surface area contributed by atoms with Crippen molar-refractivity contribution in [1.82, 2.24) is 10.2 Å². The first kappa shape index (κ1) is 26.2. The van der Waals surface area contributed by atoms with Gasteiger partial charge in [-0.05, 0) is 43.9 Å². The Morgan fingerprint density at radius 3 is 2.65 bits per heavy atom. The van der Waals surface area contributed by atoms with E-state index in [-0.39, 0.29) is 23.8 Å². The van der Waals surface area contributed by atoms with E-state index in [1.807, 2.05) is 25.1 Å². The van der Waals surface area contributed by atoms with Gasteiger partial charge in [-0.25, -0.2) is 0 Å². The molecule has 3 aliphatic heterocycles. The molecule has 1 spiro atoms. The minimum atomic E-state index is -1.11. The molecule has 5 rings (SSSR count). The number of carbonyl (C=O) groups is 3. The number of aryl methyl sites for hydroxylation is 1. The van der Waals surface area contributed by atoms with E-state index in [9.17, 15) is 14.4 Å². The zero-order valence-electron chi connectivity index (χ0n) is 21.8. The fourth-order valence-electron chi connectivity index (χ4n) is 6.64. The number of ether oxygens (including phenoxy) is 1. The second kappa shape index (κ2) is 10.8. The van der Waals surface area contributed by atoms with Gasteiger partial charge in [0.1, 0.15) is 11.6 Å². The Morgan fingerprint density at radius 1 is 1.14 bits per heavy atom. The Bertz CT molecular complexity index is 1080. The van der Waals surface area contributed by atoms with E-state index < -0.39 is 29.6 Å². The van der Waals surface area contributed by atoms with Crippen molar-refractivity contribution in [2.24, 2.45) is 11.8 Å². The summed E-state index contributed by atoms with van der Waals surface area (Å²) in [6.07, 6.45) is 12.5. The molecular weight excluding hydrogens is 490 g/mol. The molecule has 1 aromatic rings. The fourth-order valence-corrected chi connectivity index (χ4v) is 6.82. The SMILES string of the molecule is CCCCCCN1C(=O)[C@H]2[C@@H](C(=O)Nc3ccc(C)c(Cl)c3)[C@H]3C=C[C@@]2(O3)[C@H]1C(=O)NC1CCCCC1. The molecule has 2 bridgehead atoms. The van der Waals surface area contributed by atoms with Gasteiger partial charge in [0.05, 0.1) is 17.9 Å². The van der Waals surface area contributed by atoms with Gasteiger partial charge in [-0.3, -0.25) is 14.4 Å². The molecule has 2 N–H and O–H groups in total. The molecule has 3 fully saturated rings. The smallest absolute Gasteiger partial charge is 0.246 e. The fraction of sp³-hybridized carbons (Fsp3) is 0.621. The van der Waals surface area contributed by atoms with Crippen LogP contribution in [0.5, 0.6) is 0 Å². The highest BCUT2D eigenvalue weighted by molar-refractivity contribution is 6.31. The lowest BCUT2D eigenvalue weighted by molar-refractivity contribution is -0.141. The number of anilines is 1. The van der Waals surface area contributed by atoms with Gasteiger partial charge in [-0.1, -0.05) is 75.3 Å². The predicted octanol–water partition coefficient (Wildman–Crippen LogP) is 4.77. The zero-order chi connectivity index (χ0) is 26.2. The van der Waals surface area contributed by atoms with Gasteiger partial charge in [0.25, 0.3) is 0 Å². The maximum Gasteiger partial charge on any atom is 0.246 e. The molecule has 0 radical (unpaired) electrons. The Kier molecular flexibility index (Phi) is 7.64. The van der Waals surface area contributed by atoms with E-state index in [2.05, 4.69) is 17.6 Å². The quantitative estimate of drug-likeness (QED) is 0.358. The highest BCUT2D eigenvalue weighted by atomic mass is 35.5. The Morgan fingerprint density at radius 2 is 1.92 bits per heavy atom. The van der Waals surface area contributed by atoms with Crippen LogP contribution in [0.15, 0.2) is 30.4 Å². The Hall–Kier alpha value is -2.38. The maximum absolute atomic E-state index is 13.9. The third-order valence-corrected chi connectivity index (χ3v) is 8.98. The van der Waals surface area contributed by atoms with Crippen molar-refractivity contribution in [3.63, 3.8) is 0 Å². The number of fused-ring (bicyclic) bond motifs is 1. The summed E-state index contributed by atoms with van der Waals surface area (Å²) < 4.78 is 6.43. The van der Waals surface area contributed by atoms with Gasteiger partial charge in [-0.15, -0.1) is 0 Å². The standard InChI is InChI=1S/C29H38ClN3O4/c1-3-4-5-9-16-33-25(27(35)31-19-10-7-6-8-11-19)29-15-14-22(37-29)23(24(29)28(33)36)26(34)32-20-13-12-18(2)21(30)17-20/h12-15,17,19,22-25H,3-11,16H2,1-2H3,(H,31,35)(H,32,34)/t22-,23+,24-,25-,29+/m1/s1. The predicted molar refractivity (Wildman–Crippen MR) is 143 cm³/mol. The van der Waals surface area contributed by atoms with Gasteiger partial charge in [0, 0.05) is 23.3 Å². The molecule has 37 heavy (non-hydrogen) atoms. The van der Waals surface area contributed by atoms with Crippen molar-refractivity contribution < 1.29 is 19.1 Å². The molecule has 0 aromatic heterocycles. The molecule has 8 heteroatoms. The van der Waals surface area contributed by atoms with Crippen LogP contribution in [0.3, 0.4) is 0 Å². The molecule has 4 aliphatic rings. The third-order valence-electron chi connectivity index (χ3n) is 8.57. The first-order valence-electron chi connectivity index (χ1n) is 13.9. The summed E-state index contributed by atoms with van der Waals surface area (Å²) in [5.41, 5.74) is 0.384. The highest BCUT2D eigenvalue weighted by Crippen LogP contribution is 2.55. The van der Waals surface area contributed by atoms with Crippen molar-refractivity contribution in [2.75, 3.05) is 11.9 Å². The van der Waals surface area contributed by atoms with Gasteiger partial charge < -0.3 is 20.3 Å². The third kappa shape index (κ3) is 4.81. The van der Waals surface area contributed by atoms with E-state index in [1.54, 1.807) is 17.0 Å². The number of unbranched alkanes of at least 4 members (excludes halogenated alkanes) is 3. The minimum Gasteiger partial charge on any atom is -0.359 e. The van der Waals surface area contributed by atoms with Crippen molar-refractivity contribution in [1.29, 1.82) is 0 Å². The lowest BCUT2D eigenvalue weighted by Gasteiger charge is -2.34. The van der Waals surface area contributed by atoms with Gasteiger partial charge in [0.2, 0.25) is 17.7 Å². The minimum absolute atomic E-state index is 0.127. The monoisotopic (exact) mass is 527 g/mol. The van der Waals surface area contributed by atoms with Crippen LogP contribution in [0.25, 0.3) is 0 Å². The lowest BCUT2D eigenvalue weighted by Crippen LogP contribution is -2.56. The number of likely N-dealkylation sites (tertiary alicyclic amines) is 1. The molecule has 1 aliphatic carbocycles. The molecule has 2 saturated heterocycles. The average molecular weight is 528 g/mol. The summed E-state index contributed by atoms with van der Waals surface area (Å²) in [4.78, 5) is 43.0. The maximum atomic E-state index is 13.9. The lowest BCUT2D eigenvalue weighted by atomic mass is 9.74. The Balaban J connectivity index is 1.40. The summed E-state index contributed by atoms with van der Waals surface area (Å²) in [7, 11) is 0. The number of benzene rings is 1. The number of halogens is 1. The summed E-state index contributed by atoms with van der Waals surface area (Å²) >= 11 is 6.26. The number of nitrogens with zero attached hydrogens (tertiary/aromatic N) is 1. The number of amides is 3. The van der Waals surface area contributed by atoms with Crippen LogP contribution in [0, 0.1) is 18.8 Å². The topological polar surface area (TPSA) is 87.7 Å². The number of rotatable bonds is 9. The van der Waals surface area contributed by atoms with Crippen molar-refractivity contribution in [3.05, 3.63) is 40.9 Å². The average Bonchev–Trinajstić information content (AvgIpc) is 3.52. The number of carbonyl (C=O) groups excluding carboxylic acids is 3. The molecule has 5 atom stereocenters. The second-order valence-corrected chi connectivity index (χ2v) is 11.5. The highest BCUT2D eigenvalue weighted by Gasteiger charge is 2.72. The van der Waals surface area contributed by atoms with Crippen LogP contribution < -0.4 is 10.6 Å². The largest absolute Gasteiger partial charge is 0.359 e. The first-order chi connectivity index (χ1) is 17.9. The van der Waals surface area contributed by atoms with E-state index in [0.29, 0.717) is 17.3 Å². The van der Waals surface area contributed by atoms with Crippen molar-refractivity contribution in [2.45, 2.75) is 95.4 Å². The van der Waals surface area contributed by atoms with Crippen LogP contribution in [-0.2, 0) is 19.1 Å². The van der Waals surface area contributed by atoms with E-state index in [4.69, 9.17) is 16.3 Å². The number of hydrogen-bond donors (Lipinski definition) is 2. The normalized spacial score (nSPS) is 30.6. The summed E-state index contributed by atoms with van der Waals surface area (Å²) in [6.45, 7) is 4.53. The first-order valence-corrected chi connectivity index (χ1v) is 14.3.